The summed E-state index contributed by atoms with van der Waals surface area (Å²) in [5.41, 5.74) is 5.65. The van der Waals surface area contributed by atoms with Crippen molar-refractivity contribution in [1.82, 2.24) is 0 Å². The second-order valence-corrected chi connectivity index (χ2v) is 18.6. The van der Waals surface area contributed by atoms with Gasteiger partial charge in [0.1, 0.15) is 34.2 Å². The SMILES string of the molecule is CCCCc1cc(OC)cc2c1op(Oc1ccc3ccccc3c1C1=C(OP(c3ccccc3)c3ccccc3)C=CC3C=CC=CC13)oc1c(CCCC)cc(OC)cc12. The largest absolute Gasteiger partial charge is 0.497 e. The molecule has 0 spiro atoms. The molecule has 0 bridgehead atoms. The maximum atomic E-state index is 7.40. The molecule has 9 rings (SSSR count). The molecule has 0 amide bonds. The predicted molar refractivity (Wildman–Crippen MR) is 258 cm³/mol. The summed E-state index contributed by atoms with van der Waals surface area (Å²) in [4.78, 5) is 0. The monoisotopic (exact) mass is 858 g/mol. The first-order valence-electron chi connectivity index (χ1n) is 21.7. The van der Waals surface area contributed by atoms with Crippen LogP contribution in [-0.2, 0) is 17.4 Å². The van der Waals surface area contributed by atoms with Gasteiger partial charge in [-0.15, -0.1) is 0 Å². The maximum Gasteiger partial charge on any atom is 0.453 e. The minimum absolute atomic E-state index is 0.0111. The summed E-state index contributed by atoms with van der Waals surface area (Å²) in [6.45, 7) is 4.41. The van der Waals surface area contributed by atoms with E-state index < -0.39 is 16.4 Å². The number of aryl methyl sites for hydroxylation is 2. The van der Waals surface area contributed by atoms with E-state index in [-0.39, 0.29) is 11.8 Å². The first kappa shape index (κ1) is 41.4. The van der Waals surface area contributed by atoms with E-state index in [0.29, 0.717) is 5.75 Å². The molecule has 0 fully saturated rings. The van der Waals surface area contributed by atoms with Crippen molar-refractivity contribution in [3.05, 3.63) is 180 Å². The van der Waals surface area contributed by atoms with E-state index >= 15 is 0 Å². The van der Waals surface area contributed by atoms with Gasteiger partial charge in [0.2, 0.25) is 0 Å². The standard InChI is InChI=1S/C54H52O6P2/c1-5-7-19-39-33-41(55-3)35-47-48-36-42(56-4)34-40(20-8-6-2)54(48)60-62(59-53(39)47)58-50-32-30-38-22-16-18-28-46(38)52(50)51-45-27-17-15-21-37(45)29-31-49(51)57-61(43-23-11-9-12-24-43)44-25-13-10-14-26-44/h9-18,21-37,45H,5-8,19-20H2,1-4H3. The molecule has 0 saturated carbocycles. The van der Waals surface area contributed by atoms with E-state index in [4.69, 9.17) is 26.9 Å². The van der Waals surface area contributed by atoms with E-state index in [2.05, 4.69) is 172 Å². The van der Waals surface area contributed by atoms with Crippen LogP contribution in [0.25, 0.3) is 38.3 Å². The number of ether oxygens (including phenoxy) is 2. The van der Waals surface area contributed by atoms with Crippen LogP contribution in [0.15, 0.2) is 172 Å². The third-order valence-corrected chi connectivity index (χ3v) is 14.6. The van der Waals surface area contributed by atoms with Crippen LogP contribution in [-0.4, -0.2) is 14.2 Å². The number of hydrogen-bond acceptors (Lipinski definition) is 6. The molecule has 6 aromatic carbocycles. The van der Waals surface area contributed by atoms with Crippen LogP contribution in [0.4, 0.5) is 0 Å². The second-order valence-electron chi connectivity index (χ2n) is 15.8. The van der Waals surface area contributed by atoms with Crippen LogP contribution < -0.4 is 24.6 Å². The van der Waals surface area contributed by atoms with Crippen LogP contribution in [0.2, 0.25) is 0 Å². The van der Waals surface area contributed by atoms with Crippen LogP contribution >= 0.6 is 16.4 Å². The molecule has 0 radical (unpaired) electrons. The minimum atomic E-state index is -2.04. The summed E-state index contributed by atoms with van der Waals surface area (Å²) in [6.07, 6.45) is 19.0. The molecule has 2 aliphatic rings. The van der Waals surface area contributed by atoms with Crippen LogP contribution in [0.3, 0.4) is 0 Å². The van der Waals surface area contributed by atoms with Gasteiger partial charge in [-0.2, -0.15) is 0 Å². The van der Waals surface area contributed by atoms with E-state index in [1.807, 2.05) is 0 Å². The summed E-state index contributed by atoms with van der Waals surface area (Å²) in [6, 6.07) is 42.2. The van der Waals surface area contributed by atoms with Gasteiger partial charge >= 0.3 is 8.24 Å². The highest BCUT2D eigenvalue weighted by Gasteiger charge is 2.33. The van der Waals surface area contributed by atoms with Gasteiger partial charge < -0.3 is 26.9 Å². The number of rotatable bonds is 15. The Morgan fingerprint density at radius 3 is 1.79 bits per heavy atom. The fourth-order valence-corrected chi connectivity index (χ4v) is 11.5. The van der Waals surface area contributed by atoms with Crippen molar-refractivity contribution in [2.75, 3.05) is 14.2 Å². The zero-order valence-corrected chi connectivity index (χ0v) is 37.5. The first-order valence-corrected chi connectivity index (χ1v) is 24.1. The second kappa shape index (κ2) is 19.0. The summed E-state index contributed by atoms with van der Waals surface area (Å²) in [7, 11) is 0.157. The Hall–Kier alpha value is -5.93. The molecule has 2 atom stereocenters. The average Bonchev–Trinajstić information content (AvgIpc) is 3.48. The summed E-state index contributed by atoms with van der Waals surface area (Å²) >= 11 is 0. The third kappa shape index (κ3) is 8.47. The molecule has 0 N–H and O–H groups in total. The predicted octanol–water partition coefficient (Wildman–Crippen LogP) is 14.7. The lowest BCUT2D eigenvalue weighted by Gasteiger charge is -2.32. The lowest BCUT2D eigenvalue weighted by molar-refractivity contribution is 0.414. The van der Waals surface area contributed by atoms with E-state index in [1.165, 1.54) is 0 Å². The number of unbranched alkanes of at least 4 members (excludes halogenated alkanes) is 2. The summed E-state index contributed by atoms with van der Waals surface area (Å²) in [5.74, 6) is 3.15. The van der Waals surface area contributed by atoms with Crippen LogP contribution in [0.1, 0.15) is 56.2 Å². The van der Waals surface area contributed by atoms with Crippen LogP contribution in [0.5, 0.6) is 17.2 Å². The number of methoxy groups -OCH3 is 2. The number of allylic oxidation sites excluding steroid dienone is 7. The molecule has 6 nitrogen and oxygen atoms in total. The Labute approximate surface area is 366 Å². The summed E-state index contributed by atoms with van der Waals surface area (Å²) in [5, 5.41) is 6.25. The molecule has 62 heavy (non-hydrogen) atoms. The molecule has 0 aliphatic heterocycles. The van der Waals surface area contributed by atoms with Crippen molar-refractivity contribution in [3.8, 4) is 17.2 Å². The smallest absolute Gasteiger partial charge is 0.453 e. The lowest BCUT2D eigenvalue weighted by Crippen LogP contribution is -2.20. The molecule has 7 aromatic rings. The number of benzene rings is 6. The van der Waals surface area contributed by atoms with E-state index in [9.17, 15) is 0 Å². The van der Waals surface area contributed by atoms with Gasteiger partial charge in [0, 0.05) is 44.4 Å². The molecular weight excluding hydrogens is 807 g/mol. The highest BCUT2D eigenvalue weighted by Crippen LogP contribution is 2.52. The zero-order chi connectivity index (χ0) is 42.4. The van der Waals surface area contributed by atoms with Crippen LogP contribution in [0, 0.1) is 11.8 Å². The molecule has 2 unspecified atom stereocenters. The Morgan fingerprint density at radius 1 is 0.613 bits per heavy atom. The fourth-order valence-electron chi connectivity index (χ4n) is 8.57. The Bertz CT molecular complexity index is 2760. The van der Waals surface area contributed by atoms with Gasteiger partial charge in [-0.05, 0) is 84.0 Å². The van der Waals surface area contributed by atoms with Gasteiger partial charge in [0.15, 0.2) is 8.15 Å². The molecule has 1 heterocycles. The maximum absolute atomic E-state index is 7.40. The number of hydrogen-bond donors (Lipinski definition) is 0. The van der Waals surface area contributed by atoms with Gasteiger partial charge in [0.05, 0.1) is 14.2 Å². The van der Waals surface area contributed by atoms with Gasteiger partial charge in [-0.1, -0.05) is 148 Å². The minimum Gasteiger partial charge on any atom is -0.497 e. The third-order valence-electron chi connectivity index (χ3n) is 11.7. The molecule has 8 heteroatoms. The molecular formula is C54H52O6P2. The quantitative estimate of drug-likeness (QED) is 0.0957. The van der Waals surface area contributed by atoms with Crippen molar-refractivity contribution in [2.24, 2.45) is 11.8 Å². The first-order chi connectivity index (χ1) is 30.6. The zero-order valence-electron chi connectivity index (χ0n) is 35.8. The normalized spacial score (nSPS) is 15.7. The van der Waals surface area contributed by atoms with E-state index in [1.54, 1.807) is 14.2 Å². The summed E-state index contributed by atoms with van der Waals surface area (Å²) < 4.78 is 40.7. The molecule has 0 saturated heterocycles. The van der Waals surface area contributed by atoms with Gasteiger partial charge in [-0.25, -0.2) is 0 Å². The average molecular weight is 859 g/mol. The lowest BCUT2D eigenvalue weighted by atomic mass is 9.75. The van der Waals surface area contributed by atoms with Crippen molar-refractivity contribution in [1.29, 1.82) is 0 Å². The van der Waals surface area contributed by atoms with E-state index in [0.717, 1.165) is 121 Å². The van der Waals surface area contributed by atoms with Gasteiger partial charge in [-0.3, -0.25) is 0 Å². The Morgan fingerprint density at radius 2 is 1.19 bits per heavy atom. The fraction of sp³-hybridized carbons (Fsp3) is 0.222. The number of fused-ring (bicyclic) bond motifs is 5. The molecule has 2 aliphatic carbocycles. The molecule has 314 valence electrons. The highest BCUT2D eigenvalue weighted by molar-refractivity contribution is 7.68. The van der Waals surface area contributed by atoms with Gasteiger partial charge in [0.25, 0.3) is 0 Å². The Balaban J connectivity index is 1.30. The van der Waals surface area contributed by atoms with Crippen molar-refractivity contribution < 1.29 is 26.9 Å². The van der Waals surface area contributed by atoms with Crippen molar-refractivity contribution in [2.45, 2.75) is 52.4 Å². The Kier molecular flexibility index (Phi) is 12.7. The topological polar surface area (TPSA) is 63.2 Å². The molecule has 1 aromatic heterocycles. The highest BCUT2D eigenvalue weighted by atomic mass is 31.1. The van der Waals surface area contributed by atoms with Crippen molar-refractivity contribution in [3.63, 3.8) is 0 Å². The van der Waals surface area contributed by atoms with Crippen molar-refractivity contribution >= 4 is 65.3 Å².